The summed E-state index contributed by atoms with van der Waals surface area (Å²) in [4.78, 5) is 11.6. The number of carboxylic acids is 1. The van der Waals surface area contributed by atoms with Gasteiger partial charge in [-0.2, -0.15) is 0 Å². The number of carboxylic acid groups (broad SMARTS) is 1. The molecule has 0 bridgehead atoms. The van der Waals surface area contributed by atoms with Crippen LogP contribution in [0, 0.1) is 0 Å². The summed E-state index contributed by atoms with van der Waals surface area (Å²) < 4.78 is 11.0. The molecule has 0 radical (unpaired) electrons. The summed E-state index contributed by atoms with van der Waals surface area (Å²) >= 11 is 0. The van der Waals surface area contributed by atoms with Crippen molar-refractivity contribution >= 4 is 5.97 Å². The van der Waals surface area contributed by atoms with Crippen molar-refractivity contribution in [2.75, 3.05) is 7.11 Å². The first kappa shape index (κ1) is 12.7. The first-order valence-corrected chi connectivity index (χ1v) is 5.69. The maximum absolute atomic E-state index is 11.6. The smallest absolute Gasteiger partial charge is 0.328 e. The summed E-state index contributed by atoms with van der Waals surface area (Å²) in [7, 11) is 1.48. The molecule has 1 aromatic rings. The number of benzene rings is 1. The van der Waals surface area contributed by atoms with E-state index in [0.29, 0.717) is 17.1 Å². The number of hydrogen-bond acceptors (Lipinski definition) is 4. The Labute approximate surface area is 106 Å². The lowest BCUT2D eigenvalue weighted by molar-refractivity contribution is -0.147. The van der Waals surface area contributed by atoms with E-state index in [2.05, 4.69) is 0 Å². The van der Waals surface area contributed by atoms with Crippen LogP contribution in [0.25, 0.3) is 0 Å². The topological polar surface area (TPSA) is 81.8 Å². The van der Waals surface area contributed by atoms with Crippen LogP contribution in [0.4, 0.5) is 0 Å². The highest BCUT2D eigenvalue weighted by Crippen LogP contribution is 2.46. The number of carbonyl (C=O) groups is 1. The summed E-state index contributed by atoms with van der Waals surface area (Å²) in [6, 6.07) is 5.15. The lowest BCUT2D eigenvalue weighted by Crippen LogP contribution is -2.54. The average molecular weight is 251 g/mol. The largest absolute Gasteiger partial charge is 0.496 e. The van der Waals surface area contributed by atoms with Crippen LogP contribution in [0.1, 0.15) is 25.8 Å². The zero-order chi connectivity index (χ0) is 13.6. The van der Waals surface area contributed by atoms with E-state index < -0.39 is 17.1 Å². The van der Waals surface area contributed by atoms with Gasteiger partial charge in [0.1, 0.15) is 17.1 Å². The van der Waals surface area contributed by atoms with Gasteiger partial charge in [-0.05, 0) is 26.0 Å². The number of methoxy groups -OCH3 is 1. The molecule has 1 heterocycles. The normalized spacial score (nSPS) is 24.9. The highest BCUT2D eigenvalue weighted by atomic mass is 16.5. The molecule has 3 N–H and O–H groups in total. The Morgan fingerprint density at radius 3 is 2.72 bits per heavy atom. The Morgan fingerprint density at radius 2 is 2.17 bits per heavy atom. The Hall–Kier alpha value is -1.75. The Morgan fingerprint density at radius 1 is 1.50 bits per heavy atom. The minimum Gasteiger partial charge on any atom is -0.496 e. The SMILES string of the molecule is COc1cccc2c1C(N)(C(=O)O)CC(C)(C)O2. The van der Waals surface area contributed by atoms with E-state index in [1.165, 1.54) is 7.11 Å². The highest BCUT2D eigenvalue weighted by Gasteiger charge is 2.49. The van der Waals surface area contributed by atoms with Gasteiger partial charge in [0.05, 0.1) is 12.7 Å². The molecule has 5 nitrogen and oxygen atoms in total. The molecular weight excluding hydrogens is 234 g/mol. The molecule has 2 rings (SSSR count). The quantitative estimate of drug-likeness (QED) is 0.832. The van der Waals surface area contributed by atoms with Gasteiger partial charge in [-0.25, -0.2) is 4.79 Å². The summed E-state index contributed by atoms with van der Waals surface area (Å²) in [5, 5.41) is 9.46. The third-order valence-corrected chi connectivity index (χ3v) is 3.13. The minimum absolute atomic E-state index is 0.183. The molecule has 0 saturated heterocycles. The van der Waals surface area contributed by atoms with Crippen molar-refractivity contribution in [3.05, 3.63) is 23.8 Å². The standard InChI is InChI=1S/C13H17NO4/c1-12(2)7-13(14,11(15)16)10-8(17-3)5-4-6-9(10)18-12/h4-6H,7,14H2,1-3H3,(H,15,16). The Kier molecular flexibility index (Phi) is 2.74. The van der Waals surface area contributed by atoms with Crippen molar-refractivity contribution in [3.8, 4) is 11.5 Å². The van der Waals surface area contributed by atoms with Gasteiger partial charge in [-0.3, -0.25) is 0 Å². The van der Waals surface area contributed by atoms with E-state index in [1.807, 2.05) is 13.8 Å². The van der Waals surface area contributed by atoms with Gasteiger partial charge < -0.3 is 20.3 Å². The highest BCUT2D eigenvalue weighted by molar-refractivity contribution is 5.83. The lowest BCUT2D eigenvalue weighted by atomic mass is 9.78. The van der Waals surface area contributed by atoms with Gasteiger partial charge in [0.25, 0.3) is 0 Å². The first-order chi connectivity index (χ1) is 8.30. The molecule has 18 heavy (non-hydrogen) atoms. The minimum atomic E-state index is -1.50. The van der Waals surface area contributed by atoms with Crippen molar-refractivity contribution in [2.24, 2.45) is 5.73 Å². The van der Waals surface area contributed by atoms with Crippen LogP contribution in [0.2, 0.25) is 0 Å². The second-order valence-electron chi connectivity index (χ2n) is 5.15. The van der Waals surface area contributed by atoms with Crippen LogP contribution in [-0.2, 0) is 10.3 Å². The molecule has 0 spiro atoms. The van der Waals surface area contributed by atoms with E-state index in [9.17, 15) is 9.90 Å². The van der Waals surface area contributed by atoms with E-state index in [4.69, 9.17) is 15.2 Å². The van der Waals surface area contributed by atoms with E-state index in [1.54, 1.807) is 18.2 Å². The van der Waals surface area contributed by atoms with Crippen molar-refractivity contribution in [2.45, 2.75) is 31.4 Å². The molecule has 1 aliphatic heterocycles. The molecule has 5 heteroatoms. The van der Waals surface area contributed by atoms with Gasteiger partial charge in [-0.15, -0.1) is 0 Å². The second kappa shape index (κ2) is 3.88. The molecule has 0 aliphatic carbocycles. The Balaban J connectivity index is 2.69. The van der Waals surface area contributed by atoms with E-state index in [-0.39, 0.29) is 6.42 Å². The van der Waals surface area contributed by atoms with E-state index in [0.717, 1.165) is 0 Å². The van der Waals surface area contributed by atoms with Crippen LogP contribution < -0.4 is 15.2 Å². The molecule has 0 fully saturated rings. The Bertz CT molecular complexity index is 498. The molecule has 0 amide bonds. The fourth-order valence-corrected chi connectivity index (χ4v) is 2.48. The molecule has 1 unspecified atom stereocenters. The summed E-state index contributed by atoms with van der Waals surface area (Å²) in [5.74, 6) is -0.173. The van der Waals surface area contributed by atoms with Crippen LogP contribution >= 0.6 is 0 Å². The number of nitrogens with two attached hydrogens (primary N) is 1. The summed E-state index contributed by atoms with van der Waals surface area (Å²) in [6.45, 7) is 3.64. The fourth-order valence-electron chi connectivity index (χ4n) is 2.48. The van der Waals surface area contributed by atoms with Crippen LogP contribution in [-0.4, -0.2) is 23.8 Å². The van der Waals surface area contributed by atoms with Crippen molar-refractivity contribution in [1.82, 2.24) is 0 Å². The maximum atomic E-state index is 11.6. The van der Waals surface area contributed by atoms with Gasteiger partial charge in [0.15, 0.2) is 5.54 Å². The molecule has 0 saturated carbocycles. The second-order valence-corrected chi connectivity index (χ2v) is 5.15. The molecule has 1 aliphatic rings. The third-order valence-electron chi connectivity index (χ3n) is 3.13. The van der Waals surface area contributed by atoms with Crippen molar-refractivity contribution < 1.29 is 19.4 Å². The molecule has 0 aromatic heterocycles. The predicted molar refractivity (Wildman–Crippen MR) is 65.8 cm³/mol. The number of ether oxygens (including phenoxy) is 2. The first-order valence-electron chi connectivity index (χ1n) is 5.69. The fraction of sp³-hybridized carbons (Fsp3) is 0.462. The number of hydrogen-bond donors (Lipinski definition) is 2. The number of rotatable bonds is 2. The molecule has 1 aromatic carbocycles. The van der Waals surface area contributed by atoms with Crippen molar-refractivity contribution in [3.63, 3.8) is 0 Å². The summed E-state index contributed by atoms with van der Waals surface area (Å²) in [6.07, 6.45) is 0.183. The zero-order valence-corrected chi connectivity index (χ0v) is 10.7. The van der Waals surface area contributed by atoms with Crippen LogP contribution in [0.3, 0.4) is 0 Å². The van der Waals surface area contributed by atoms with Crippen LogP contribution in [0.5, 0.6) is 11.5 Å². The van der Waals surface area contributed by atoms with Crippen molar-refractivity contribution in [1.29, 1.82) is 0 Å². The van der Waals surface area contributed by atoms with Gasteiger partial charge >= 0.3 is 5.97 Å². The van der Waals surface area contributed by atoms with Gasteiger partial charge in [-0.1, -0.05) is 6.07 Å². The maximum Gasteiger partial charge on any atom is 0.328 e. The molecule has 1 atom stereocenters. The third kappa shape index (κ3) is 1.80. The number of aliphatic carboxylic acids is 1. The zero-order valence-electron chi connectivity index (χ0n) is 10.7. The van der Waals surface area contributed by atoms with Gasteiger partial charge in [0.2, 0.25) is 0 Å². The van der Waals surface area contributed by atoms with E-state index >= 15 is 0 Å². The molecule has 98 valence electrons. The lowest BCUT2D eigenvalue weighted by Gasteiger charge is -2.41. The summed E-state index contributed by atoms with van der Waals surface area (Å²) in [5.41, 5.74) is 4.38. The number of fused-ring (bicyclic) bond motifs is 1. The monoisotopic (exact) mass is 251 g/mol. The predicted octanol–water partition coefficient (Wildman–Crippen LogP) is 1.49. The van der Waals surface area contributed by atoms with Gasteiger partial charge in [0, 0.05) is 6.42 Å². The average Bonchev–Trinajstić information content (AvgIpc) is 2.26. The van der Waals surface area contributed by atoms with Crippen LogP contribution in [0.15, 0.2) is 18.2 Å². The molecular formula is C13H17NO4.